The number of piperazine rings is 1. The minimum absolute atomic E-state index is 0.116. The Labute approximate surface area is 192 Å². The van der Waals surface area contributed by atoms with Gasteiger partial charge in [0.1, 0.15) is 17.2 Å². The SMILES string of the molecule is Cc1cc(=O)c(C(=O)N2CCN(c3ccc(Cl)cc3[N+](=O)[O-])CC2)nn1-c1ccccc1F. The van der Waals surface area contributed by atoms with Crippen LogP contribution in [-0.2, 0) is 0 Å². The van der Waals surface area contributed by atoms with E-state index >= 15 is 0 Å². The number of hydrogen-bond acceptors (Lipinski definition) is 6. The second-order valence-corrected chi connectivity index (χ2v) is 7.97. The van der Waals surface area contributed by atoms with Gasteiger partial charge in [0.15, 0.2) is 5.69 Å². The predicted molar refractivity (Wildman–Crippen MR) is 121 cm³/mol. The average Bonchev–Trinajstić information content (AvgIpc) is 2.79. The summed E-state index contributed by atoms with van der Waals surface area (Å²) in [6.07, 6.45) is 0. The second-order valence-electron chi connectivity index (χ2n) is 7.53. The van der Waals surface area contributed by atoms with Gasteiger partial charge in [-0.2, -0.15) is 5.10 Å². The van der Waals surface area contributed by atoms with Gasteiger partial charge in [0.05, 0.1) is 4.92 Å². The Kier molecular flexibility index (Phi) is 6.10. The van der Waals surface area contributed by atoms with Crippen molar-refractivity contribution >= 4 is 28.9 Å². The molecule has 1 aliphatic rings. The Bertz CT molecular complexity index is 1300. The summed E-state index contributed by atoms with van der Waals surface area (Å²) in [5.74, 6) is -1.11. The molecule has 1 fully saturated rings. The first-order chi connectivity index (χ1) is 15.8. The molecule has 1 amide bonds. The number of aryl methyl sites for hydroxylation is 1. The van der Waals surface area contributed by atoms with Crippen molar-refractivity contribution in [3.8, 4) is 5.69 Å². The van der Waals surface area contributed by atoms with Crippen molar-refractivity contribution in [3.05, 3.63) is 91.1 Å². The van der Waals surface area contributed by atoms with Crippen LogP contribution in [0.15, 0.2) is 53.3 Å². The topological polar surface area (TPSA) is 102 Å². The van der Waals surface area contributed by atoms with Gasteiger partial charge in [0.2, 0.25) is 5.43 Å². The van der Waals surface area contributed by atoms with Gasteiger partial charge in [-0.25, -0.2) is 9.07 Å². The van der Waals surface area contributed by atoms with E-state index in [2.05, 4.69) is 5.10 Å². The Hall–Kier alpha value is -3.79. The molecule has 1 saturated heterocycles. The van der Waals surface area contributed by atoms with E-state index in [4.69, 9.17) is 11.6 Å². The largest absolute Gasteiger partial charge is 0.362 e. The van der Waals surface area contributed by atoms with Crippen molar-refractivity contribution in [1.29, 1.82) is 0 Å². The molecule has 33 heavy (non-hydrogen) atoms. The van der Waals surface area contributed by atoms with Gasteiger partial charge in [-0.05, 0) is 31.2 Å². The zero-order valence-electron chi connectivity index (χ0n) is 17.6. The van der Waals surface area contributed by atoms with Gasteiger partial charge < -0.3 is 9.80 Å². The third-order valence-electron chi connectivity index (χ3n) is 5.43. The fraction of sp³-hybridized carbons (Fsp3) is 0.227. The Morgan fingerprint density at radius 2 is 1.79 bits per heavy atom. The third kappa shape index (κ3) is 4.42. The van der Waals surface area contributed by atoms with Crippen LogP contribution in [0.25, 0.3) is 5.69 Å². The lowest BCUT2D eigenvalue weighted by Gasteiger charge is -2.35. The van der Waals surface area contributed by atoms with Crippen molar-refractivity contribution in [3.63, 3.8) is 0 Å². The Morgan fingerprint density at radius 1 is 1.09 bits per heavy atom. The molecule has 1 aromatic heterocycles. The summed E-state index contributed by atoms with van der Waals surface area (Å²) >= 11 is 5.89. The molecule has 2 heterocycles. The molecule has 0 bridgehead atoms. The molecule has 0 atom stereocenters. The highest BCUT2D eigenvalue weighted by Crippen LogP contribution is 2.31. The number of nitrogens with zero attached hydrogens (tertiary/aromatic N) is 5. The number of aromatic nitrogens is 2. The normalized spacial score (nSPS) is 13.8. The molecule has 0 unspecified atom stereocenters. The van der Waals surface area contributed by atoms with Crippen LogP contribution >= 0.6 is 11.6 Å². The van der Waals surface area contributed by atoms with Gasteiger partial charge in [-0.15, -0.1) is 0 Å². The van der Waals surface area contributed by atoms with Gasteiger partial charge in [-0.1, -0.05) is 23.7 Å². The summed E-state index contributed by atoms with van der Waals surface area (Å²) in [7, 11) is 0. The lowest BCUT2D eigenvalue weighted by Crippen LogP contribution is -2.50. The molecule has 4 rings (SSSR count). The van der Waals surface area contributed by atoms with Gasteiger partial charge in [0, 0.05) is 49.0 Å². The number of anilines is 1. The third-order valence-corrected chi connectivity index (χ3v) is 5.67. The van der Waals surface area contributed by atoms with E-state index < -0.39 is 22.1 Å². The Morgan fingerprint density at radius 3 is 2.45 bits per heavy atom. The summed E-state index contributed by atoms with van der Waals surface area (Å²) < 4.78 is 15.5. The van der Waals surface area contributed by atoms with Gasteiger partial charge in [-0.3, -0.25) is 19.7 Å². The predicted octanol–water partition coefficient (Wildman–Crippen LogP) is 3.20. The average molecular weight is 472 g/mol. The monoisotopic (exact) mass is 471 g/mol. The maximum Gasteiger partial charge on any atom is 0.294 e. The molecule has 1 aliphatic heterocycles. The first kappa shape index (κ1) is 22.4. The van der Waals surface area contributed by atoms with Crippen LogP contribution in [0.5, 0.6) is 0 Å². The highest BCUT2D eigenvalue weighted by molar-refractivity contribution is 6.30. The van der Waals surface area contributed by atoms with Crippen LogP contribution in [0, 0.1) is 22.9 Å². The van der Waals surface area contributed by atoms with Crippen LogP contribution in [0.1, 0.15) is 16.2 Å². The van der Waals surface area contributed by atoms with E-state index in [1.165, 1.54) is 39.9 Å². The number of halogens is 2. The molecule has 3 aromatic rings. The number of benzene rings is 2. The van der Waals surface area contributed by atoms with Crippen LogP contribution in [0.4, 0.5) is 15.8 Å². The van der Waals surface area contributed by atoms with Crippen molar-refractivity contribution in [1.82, 2.24) is 14.7 Å². The van der Waals surface area contributed by atoms with Gasteiger partial charge in [0.25, 0.3) is 11.6 Å². The lowest BCUT2D eigenvalue weighted by atomic mass is 10.2. The number of amides is 1. The maximum atomic E-state index is 14.3. The standard InChI is InChI=1S/C22H19ClFN5O4/c1-14-12-20(30)21(25-28(14)17-5-3-2-4-16(17)24)22(31)27-10-8-26(9-11-27)18-7-6-15(23)13-19(18)29(32)33/h2-7,12-13H,8-11H2,1H3. The first-order valence-corrected chi connectivity index (χ1v) is 10.5. The van der Waals surface area contributed by atoms with Gasteiger partial charge >= 0.3 is 0 Å². The first-order valence-electron chi connectivity index (χ1n) is 10.1. The van der Waals surface area contributed by atoms with Crippen LogP contribution < -0.4 is 10.3 Å². The molecule has 11 heteroatoms. The number of carbonyl (C=O) groups is 1. The fourth-order valence-electron chi connectivity index (χ4n) is 3.77. The lowest BCUT2D eigenvalue weighted by molar-refractivity contribution is -0.384. The minimum Gasteiger partial charge on any atom is -0.362 e. The molecule has 170 valence electrons. The summed E-state index contributed by atoms with van der Waals surface area (Å²) in [6, 6.07) is 11.6. The molecular formula is C22H19ClFN5O4. The van der Waals surface area contributed by atoms with Crippen molar-refractivity contribution in [2.45, 2.75) is 6.92 Å². The quantitative estimate of drug-likeness (QED) is 0.428. The van der Waals surface area contributed by atoms with E-state index in [9.17, 15) is 24.1 Å². The zero-order valence-corrected chi connectivity index (χ0v) is 18.3. The maximum absolute atomic E-state index is 14.3. The molecule has 0 radical (unpaired) electrons. The summed E-state index contributed by atoms with van der Waals surface area (Å²) in [4.78, 5) is 39.7. The summed E-state index contributed by atoms with van der Waals surface area (Å²) in [5.41, 5.74) is -0.0526. The highest BCUT2D eigenvalue weighted by Gasteiger charge is 2.28. The molecule has 0 spiro atoms. The number of carbonyl (C=O) groups excluding carboxylic acids is 1. The fourth-order valence-corrected chi connectivity index (χ4v) is 3.94. The highest BCUT2D eigenvalue weighted by atomic mass is 35.5. The zero-order chi connectivity index (χ0) is 23.7. The van der Waals surface area contributed by atoms with Crippen LogP contribution in [0.2, 0.25) is 5.02 Å². The van der Waals surface area contributed by atoms with Crippen molar-refractivity contribution < 1.29 is 14.1 Å². The minimum atomic E-state index is -0.574. The molecule has 0 saturated carbocycles. The number of nitro benzene ring substituents is 1. The number of nitro groups is 1. The van der Waals surface area contributed by atoms with E-state index in [-0.39, 0.29) is 35.2 Å². The summed E-state index contributed by atoms with van der Waals surface area (Å²) in [5, 5.41) is 15.8. The molecule has 0 aliphatic carbocycles. The molecule has 9 nitrogen and oxygen atoms in total. The molecule has 0 N–H and O–H groups in total. The van der Waals surface area contributed by atoms with E-state index in [0.29, 0.717) is 24.5 Å². The number of para-hydroxylation sites is 1. The Balaban J connectivity index is 1.57. The van der Waals surface area contributed by atoms with Crippen molar-refractivity contribution in [2.75, 3.05) is 31.1 Å². The summed E-state index contributed by atoms with van der Waals surface area (Å²) in [6.45, 7) is 2.71. The van der Waals surface area contributed by atoms with E-state index in [1.807, 2.05) is 0 Å². The van der Waals surface area contributed by atoms with E-state index in [0.717, 1.165) is 0 Å². The second kappa shape index (κ2) is 8.99. The number of rotatable bonds is 4. The molecular weight excluding hydrogens is 453 g/mol. The molecule has 2 aromatic carbocycles. The van der Waals surface area contributed by atoms with Crippen molar-refractivity contribution in [2.24, 2.45) is 0 Å². The number of hydrogen-bond donors (Lipinski definition) is 0. The van der Waals surface area contributed by atoms with Crippen LogP contribution in [-0.4, -0.2) is 51.7 Å². The van der Waals surface area contributed by atoms with E-state index in [1.54, 1.807) is 30.0 Å². The van der Waals surface area contributed by atoms with Crippen LogP contribution in [0.3, 0.4) is 0 Å². The smallest absolute Gasteiger partial charge is 0.294 e.